The topological polar surface area (TPSA) is 64.4 Å². The van der Waals surface area contributed by atoms with Crippen molar-refractivity contribution in [3.05, 3.63) is 76.3 Å². The van der Waals surface area contributed by atoms with Crippen molar-refractivity contribution in [1.29, 1.82) is 0 Å². The molecule has 4 aromatic rings. The number of hydrogen-bond donors (Lipinski definition) is 1. The van der Waals surface area contributed by atoms with Crippen LogP contribution in [0.4, 0.5) is 5.69 Å². The van der Waals surface area contributed by atoms with Gasteiger partial charge in [0.15, 0.2) is 12.2 Å². The number of carbonyl (C=O) groups is 1. The third kappa shape index (κ3) is 4.78. The number of halogens is 1. The van der Waals surface area contributed by atoms with E-state index in [0.29, 0.717) is 33.6 Å². The summed E-state index contributed by atoms with van der Waals surface area (Å²) in [5.41, 5.74) is 5.89. The fourth-order valence-corrected chi connectivity index (χ4v) is 3.65. The summed E-state index contributed by atoms with van der Waals surface area (Å²) in [6.45, 7) is 8.07. The second-order valence-corrected chi connectivity index (χ2v) is 8.63. The summed E-state index contributed by atoms with van der Waals surface area (Å²) in [6, 6.07) is 17.1. The van der Waals surface area contributed by atoms with Crippen molar-refractivity contribution in [3.8, 4) is 17.2 Å². The Bertz CT molecular complexity index is 1290. The number of hydrogen-bond acceptors (Lipinski definition) is 4. The quantitative estimate of drug-likeness (QED) is 0.348. The van der Waals surface area contributed by atoms with Crippen LogP contribution < -0.4 is 10.1 Å². The highest BCUT2D eigenvalue weighted by atomic mass is 35.5. The van der Waals surface area contributed by atoms with Gasteiger partial charge in [-0.3, -0.25) is 4.79 Å². The summed E-state index contributed by atoms with van der Waals surface area (Å²) < 4.78 is 11.7. The first-order chi connectivity index (χ1) is 15.3. The molecule has 0 saturated heterocycles. The molecule has 0 spiro atoms. The molecule has 0 unspecified atom stereocenters. The number of anilines is 1. The number of amides is 1. The van der Waals surface area contributed by atoms with Crippen LogP contribution in [0.1, 0.15) is 36.5 Å². The molecule has 0 saturated carbocycles. The van der Waals surface area contributed by atoms with E-state index < -0.39 is 0 Å². The van der Waals surface area contributed by atoms with Gasteiger partial charge < -0.3 is 14.5 Å². The molecule has 0 radical (unpaired) electrons. The molecular formula is C26H25ClN2O3. The lowest BCUT2D eigenvalue weighted by molar-refractivity contribution is -0.118. The zero-order chi connectivity index (χ0) is 22.8. The average Bonchev–Trinajstić information content (AvgIpc) is 3.17. The highest BCUT2D eigenvalue weighted by Crippen LogP contribution is 2.30. The third-order valence-corrected chi connectivity index (χ3v) is 5.49. The molecule has 0 atom stereocenters. The second kappa shape index (κ2) is 9.05. The van der Waals surface area contributed by atoms with Crippen molar-refractivity contribution in [3.63, 3.8) is 0 Å². The molecule has 0 aliphatic rings. The van der Waals surface area contributed by atoms with E-state index in [1.54, 1.807) is 18.2 Å². The first kappa shape index (κ1) is 21.9. The Labute approximate surface area is 192 Å². The Kier molecular flexibility index (Phi) is 6.19. The summed E-state index contributed by atoms with van der Waals surface area (Å²) >= 11 is 6.05. The number of benzene rings is 3. The standard InChI is InChI=1S/C26H25ClN2O3/c1-15(2)20-9-5-16(3)11-24(20)31-14-25(30)28-21-12-18(7-6-17(21)4)26-29-22-13-19(27)8-10-23(22)32-26/h5-13,15H,14H2,1-4H3,(H,28,30). The molecule has 1 N–H and O–H groups in total. The Morgan fingerprint density at radius 1 is 1.09 bits per heavy atom. The van der Waals surface area contributed by atoms with Gasteiger partial charge in [-0.1, -0.05) is 43.6 Å². The van der Waals surface area contributed by atoms with Crippen LogP contribution in [0.15, 0.2) is 59.0 Å². The molecule has 3 aromatic carbocycles. The van der Waals surface area contributed by atoms with Gasteiger partial charge in [-0.25, -0.2) is 4.98 Å². The number of oxazole rings is 1. The minimum atomic E-state index is -0.231. The molecule has 32 heavy (non-hydrogen) atoms. The maximum atomic E-state index is 12.6. The summed E-state index contributed by atoms with van der Waals surface area (Å²) in [6.07, 6.45) is 0. The summed E-state index contributed by atoms with van der Waals surface area (Å²) in [7, 11) is 0. The van der Waals surface area contributed by atoms with Crippen molar-refractivity contribution in [2.75, 3.05) is 11.9 Å². The molecule has 1 amide bonds. The van der Waals surface area contributed by atoms with Crippen LogP contribution in [0, 0.1) is 13.8 Å². The predicted octanol–water partition coefficient (Wildman–Crippen LogP) is 6.91. The third-order valence-electron chi connectivity index (χ3n) is 5.26. The molecule has 5 nitrogen and oxygen atoms in total. The molecule has 1 heterocycles. The smallest absolute Gasteiger partial charge is 0.262 e. The Balaban J connectivity index is 1.51. The minimum absolute atomic E-state index is 0.0752. The highest BCUT2D eigenvalue weighted by Gasteiger charge is 2.14. The lowest BCUT2D eigenvalue weighted by Gasteiger charge is -2.15. The lowest BCUT2D eigenvalue weighted by atomic mass is 10.0. The summed E-state index contributed by atoms with van der Waals surface area (Å²) in [4.78, 5) is 17.2. The van der Waals surface area contributed by atoms with Crippen molar-refractivity contribution < 1.29 is 13.9 Å². The van der Waals surface area contributed by atoms with Crippen LogP contribution >= 0.6 is 11.6 Å². The number of rotatable bonds is 6. The van der Waals surface area contributed by atoms with Crippen LogP contribution in [0.5, 0.6) is 5.75 Å². The van der Waals surface area contributed by atoms with Crippen LogP contribution in [0.25, 0.3) is 22.6 Å². The number of fused-ring (bicyclic) bond motifs is 1. The van der Waals surface area contributed by atoms with Gasteiger partial charge in [0.1, 0.15) is 11.3 Å². The van der Waals surface area contributed by atoms with Crippen molar-refractivity contribution in [2.24, 2.45) is 0 Å². The second-order valence-electron chi connectivity index (χ2n) is 8.19. The number of carbonyl (C=O) groups excluding carboxylic acids is 1. The van der Waals surface area contributed by atoms with E-state index in [9.17, 15) is 4.79 Å². The highest BCUT2D eigenvalue weighted by molar-refractivity contribution is 6.31. The Morgan fingerprint density at radius 2 is 1.91 bits per heavy atom. The van der Waals surface area contributed by atoms with Gasteiger partial charge in [0.2, 0.25) is 5.89 Å². The largest absolute Gasteiger partial charge is 0.483 e. The van der Waals surface area contributed by atoms with E-state index in [2.05, 4.69) is 30.2 Å². The zero-order valence-electron chi connectivity index (χ0n) is 18.5. The molecule has 4 rings (SSSR count). The van der Waals surface area contributed by atoms with E-state index in [1.165, 1.54) is 0 Å². The van der Waals surface area contributed by atoms with Crippen LogP contribution in [0.3, 0.4) is 0 Å². The Hall–Kier alpha value is -3.31. The summed E-state index contributed by atoms with van der Waals surface area (Å²) in [5.74, 6) is 1.28. The maximum absolute atomic E-state index is 12.6. The fourth-order valence-electron chi connectivity index (χ4n) is 3.49. The van der Waals surface area contributed by atoms with Crippen LogP contribution in [-0.4, -0.2) is 17.5 Å². The van der Waals surface area contributed by atoms with Gasteiger partial charge in [0.25, 0.3) is 5.91 Å². The number of ether oxygens (including phenoxy) is 1. The SMILES string of the molecule is Cc1ccc(C(C)C)c(OCC(=O)Nc2cc(-c3nc4cc(Cl)ccc4o3)ccc2C)c1. The van der Waals surface area contributed by atoms with Crippen LogP contribution in [0.2, 0.25) is 5.02 Å². The number of nitrogens with zero attached hydrogens (tertiary/aromatic N) is 1. The van der Waals surface area contributed by atoms with Crippen molar-refractivity contribution in [2.45, 2.75) is 33.6 Å². The van der Waals surface area contributed by atoms with Gasteiger partial charge >= 0.3 is 0 Å². The molecule has 6 heteroatoms. The number of aryl methyl sites for hydroxylation is 2. The van der Waals surface area contributed by atoms with E-state index >= 15 is 0 Å². The van der Waals surface area contributed by atoms with E-state index in [4.69, 9.17) is 20.8 Å². The summed E-state index contributed by atoms with van der Waals surface area (Å²) in [5, 5.41) is 3.54. The first-order valence-electron chi connectivity index (χ1n) is 10.5. The van der Waals surface area contributed by atoms with E-state index in [1.807, 2.05) is 44.2 Å². The van der Waals surface area contributed by atoms with Gasteiger partial charge in [0.05, 0.1) is 0 Å². The normalized spacial score (nSPS) is 11.2. The molecule has 0 aliphatic carbocycles. The van der Waals surface area contributed by atoms with E-state index in [-0.39, 0.29) is 12.5 Å². The maximum Gasteiger partial charge on any atom is 0.262 e. The van der Waals surface area contributed by atoms with Gasteiger partial charge in [-0.2, -0.15) is 0 Å². The van der Waals surface area contributed by atoms with Gasteiger partial charge in [-0.15, -0.1) is 0 Å². The molecule has 0 aliphatic heterocycles. The minimum Gasteiger partial charge on any atom is -0.483 e. The molecule has 0 bridgehead atoms. The lowest BCUT2D eigenvalue weighted by Crippen LogP contribution is -2.21. The van der Waals surface area contributed by atoms with Gasteiger partial charge in [-0.05, 0) is 72.9 Å². The fraction of sp³-hybridized carbons (Fsp3) is 0.231. The number of aromatic nitrogens is 1. The predicted molar refractivity (Wildman–Crippen MR) is 129 cm³/mol. The van der Waals surface area contributed by atoms with Crippen molar-refractivity contribution >= 4 is 34.3 Å². The average molecular weight is 449 g/mol. The van der Waals surface area contributed by atoms with Gasteiger partial charge in [0, 0.05) is 16.3 Å². The molecular weight excluding hydrogens is 424 g/mol. The number of nitrogens with one attached hydrogen (secondary N) is 1. The molecule has 164 valence electrons. The van der Waals surface area contributed by atoms with Crippen LogP contribution in [-0.2, 0) is 4.79 Å². The molecule has 1 aromatic heterocycles. The molecule has 0 fully saturated rings. The van der Waals surface area contributed by atoms with Crippen molar-refractivity contribution in [1.82, 2.24) is 4.98 Å². The first-order valence-corrected chi connectivity index (χ1v) is 10.9. The van der Waals surface area contributed by atoms with E-state index in [0.717, 1.165) is 28.0 Å². The monoisotopic (exact) mass is 448 g/mol. The zero-order valence-corrected chi connectivity index (χ0v) is 19.3. The Morgan fingerprint density at radius 3 is 2.69 bits per heavy atom.